The van der Waals surface area contributed by atoms with E-state index in [0.29, 0.717) is 0 Å². The molecule has 152 valence electrons. The van der Waals surface area contributed by atoms with E-state index in [-0.39, 0.29) is 0 Å². The van der Waals surface area contributed by atoms with Gasteiger partial charge in [0.05, 0.1) is 0 Å². The lowest BCUT2D eigenvalue weighted by atomic mass is 9.88. The zero-order chi connectivity index (χ0) is 21.2. The lowest BCUT2D eigenvalue weighted by Gasteiger charge is -2.19. The van der Waals surface area contributed by atoms with E-state index in [0.717, 1.165) is 29.6 Å². The van der Waals surface area contributed by atoms with Crippen molar-refractivity contribution in [2.24, 2.45) is 0 Å². The highest BCUT2D eigenvalue weighted by molar-refractivity contribution is 6.34. The first-order valence-corrected chi connectivity index (χ1v) is 11.4. The second-order valence-electron chi connectivity index (χ2n) is 8.88. The number of allylic oxidation sites excluding steroid dienone is 5. The highest BCUT2D eigenvalue weighted by Gasteiger charge is 2.40. The molecule has 0 aliphatic heterocycles. The molecule has 1 nitrogen and oxygen atoms in total. The summed E-state index contributed by atoms with van der Waals surface area (Å²) >= 11 is 0. The Hall–Kier alpha value is -3.68. The number of fused-ring (bicyclic) bond motifs is 5. The highest BCUT2D eigenvalue weighted by atomic mass is 16.3. The summed E-state index contributed by atoms with van der Waals surface area (Å²) in [5.74, 6) is 0. The minimum atomic E-state index is -0.616. The summed E-state index contributed by atoms with van der Waals surface area (Å²) in [5.41, 5.74) is 9.45. The smallest absolute Gasteiger partial charge is 0.106 e. The molecular weight excluding hydrogens is 388 g/mol. The Balaban J connectivity index is 1.65. The van der Waals surface area contributed by atoms with Crippen LogP contribution in [-0.2, 0) is 0 Å². The van der Waals surface area contributed by atoms with Gasteiger partial charge in [-0.25, -0.2) is 0 Å². The summed E-state index contributed by atoms with van der Waals surface area (Å²) in [6.07, 6.45) is 7.91. The minimum Gasteiger partial charge on any atom is -0.384 e. The normalized spacial score (nSPS) is 19.3. The first-order valence-electron chi connectivity index (χ1n) is 11.4. The van der Waals surface area contributed by atoms with Crippen molar-refractivity contribution in [3.05, 3.63) is 125 Å². The van der Waals surface area contributed by atoms with E-state index in [9.17, 15) is 5.11 Å². The molecule has 4 aromatic rings. The Bertz CT molecular complexity index is 1560. The first kappa shape index (κ1) is 17.9. The van der Waals surface area contributed by atoms with Crippen molar-refractivity contribution in [3.63, 3.8) is 0 Å². The molecule has 1 N–H and O–H groups in total. The summed E-state index contributed by atoms with van der Waals surface area (Å²) in [5, 5.41) is 16.9. The quantitative estimate of drug-likeness (QED) is 0.343. The summed E-state index contributed by atoms with van der Waals surface area (Å²) in [7, 11) is 0. The van der Waals surface area contributed by atoms with Gasteiger partial charge in [0, 0.05) is 5.57 Å². The minimum absolute atomic E-state index is 0.616. The van der Waals surface area contributed by atoms with E-state index in [1.54, 1.807) is 0 Å². The number of hydrogen-bond donors (Lipinski definition) is 1. The highest BCUT2D eigenvalue weighted by Crippen LogP contribution is 2.58. The molecule has 0 amide bonds. The molecule has 32 heavy (non-hydrogen) atoms. The van der Waals surface area contributed by atoms with Crippen LogP contribution in [0.4, 0.5) is 0 Å². The van der Waals surface area contributed by atoms with Crippen LogP contribution in [-0.4, -0.2) is 11.2 Å². The second kappa shape index (κ2) is 6.66. The van der Waals surface area contributed by atoms with Crippen molar-refractivity contribution < 1.29 is 5.11 Å². The maximum Gasteiger partial charge on any atom is 0.106 e. The van der Waals surface area contributed by atoms with Gasteiger partial charge in [-0.2, -0.15) is 0 Å². The van der Waals surface area contributed by atoms with Crippen LogP contribution in [0.15, 0.2) is 108 Å². The zero-order valence-corrected chi connectivity index (χ0v) is 17.7. The Morgan fingerprint density at radius 1 is 0.719 bits per heavy atom. The Morgan fingerprint density at radius 2 is 1.50 bits per heavy atom. The molecule has 0 spiro atoms. The molecule has 0 heterocycles. The summed E-state index contributed by atoms with van der Waals surface area (Å²) in [4.78, 5) is 0. The fourth-order valence-electron chi connectivity index (χ4n) is 5.90. The van der Waals surface area contributed by atoms with Crippen LogP contribution in [0.5, 0.6) is 0 Å². The maximum absolute atomic E-state index is 11.8. The third kappa shape index (κ3) is 2.32. The van der Waals surface area contributed by atoms with Crippen LogP contribution < -0.4 is 0 Å². The van der Waals surface area contributed by atoms with Gasteiger partial charge < -0.3 is 5.11 Å². The average Bonchev–Trinajstić information content (AvgIpc) is 3.33. The van der Waals surface area contributed by atoms with Gasteiger partial charge in [0.1, 0.15) is 6.10 Å². The third-order valence-corrected chi connectivity index (χ3v) is 7.20. The average molecular weight is 411 g/mol. The van der Waals surface area contributed by atoms with Gasteiger partial charge in [-0.15, -0.1) is 0 Å². The molecule has 3 aliphatic rings. The van der Waals surface area contributed by atoms with E-state index in [1.165, 1.54) is 49.4 Å². The van der Waals surface area contributed by atoms with Gasteiger partial charge in [0.2, 0.25) is 0 Å². The van der Waals surface area contributed by atoms with Gasteiger partial charge in [-0.3, -0.25) is 0 Å². The standard InChI is InChI=1S/C31H22O/c32-31-26(19-10-3-1-4-11-19)29-24-17-9-16-23-22-15-8-7-14-21(22)18-25(28(23)24)30(29)27(31)20-12-5-2-6-13-20/h1-3,5-10,12-18,31-32H,4,11H2. The number of benzene rings is 4. The Morgan fingerprint density at radius 3 is 2.34 bits per heavy atom. The van der Waals surface area contributed by atoms with E-state index >= 15 is 0 Å². The van der Waals surface area contributed by atoms with Crippen molar-refractivity contribution >= 4 is 38.3 Å². The summed E-state index contributed by atoms with van der Waals surface area (Å²) in [6.45, 7) is 0. The Kier molecular flexibility index (Phi) is 3.73. The van der Waals surface area contributed by atoms with E-state index in [2.05, 4.69) is 91.0 Å². The lowest BCUT2D eigenvalue weighted by Crippen LogP contribution is -2.13. The van der Waals surface area contributed by atoms with Gasteiger partial charge >= 0.3 is 0 Å². The molecule has 7 rings (SSSR count). The van der Waals surface area contributed by atoms with Crippen LogP contribution in [0.25, 0.3) is 38.3 Å². The molecule has 0 radical (unpaired) electrons. The molecule has 3 aliphatic carbocycles. The lowest BCUT2D eigenvalue weighted by molar-refractivity contribution is 0.272. The predicted octanol–water partition coefficient (Wildman–Crippen LogP) is 7.32. The van der Waals surface area contributed by atoms with Gasteiger partial charge in [-0.1, -0.05) is 91.0 Å². The van der Waals surface area contributed by atoms with Crippen molar-refractivity contribution in [2.45, 2.75) is 18.9 Å². The SMILES string of the molecule is OC1C(C2=CC=CCC2)=C2C(=C1c1ccccc1)c1cc3ccccc3c3cccc2c13. The van der Waals surface area contributed by atoms with Crippen molar-refractivity contribution in [2.75, 3.05) is 0 Å². The molecule has 0 saturated heterocycles. The number of hydrogen-bond acceptors (Lipinski definition) is 1. The van der Waals surface area contributed by atoms with Gasteiger partial charge in [-0.05, 0) is 79.4 Å². The van der Waals surface area contributed by atoms with E-state index in [1.807, 2.05) is 6.07 Å². The number of rotatable bonds is 2. The third-order valence-electron chi connectivity index (χ3n) is 7.20. The fourth-order valence-corrected chi connectivity index (χ4v) is 5.90. The summed E-state index contributed by atoms with van der Waals surface area (Å²) < 4.78 is 0. The van der Waals surface area contributed by atoms with Crippen molar-refractivity contribution in [1.29, 1.82) is 0 Å². The topological polar surface area (TPSA) is 20.2 Å². The fraction of sp³-hybridized carbons (Fsp3) is 0.0968. The van der Waals surface area contributed by atoms with Crippen LogP contribution in [0.2, 0.25) is 0 Å². The first-order chi connectivity index (χ1) is 15.8. The molecule has 0 bridgehead atoms. The van der Waals surface area contributed by atoms with Crippen LogP contribution in [0.1, 0.15) is 29.5 Å². The van der Waals surface area contributed by atoms with Crippen molar-refractivity contribution in [1.82, 2.24) is 0 Å². The molecule has 1 atom stereocenters. The number of aliphatic hydroxyl groups excluding tert-OH is 1. The largest absolute Gasteiger partial charge is 0.384 e. The molecule has 0 fully saturated rings. The predicted molar refractivity (Wildman–Crippen MR) is 134 cm³/mol. The van der Waals surface area contributed by atoms with Gasteiger partial charge in [0.25, 0.3) is 0 Å². The van der Waals surface area contributed by atoms with Crippen LogP contribution in [0.3, 0.4) is 0 Å². The number of aliphatic hydroxyl groups is 1. The second-order valence-corrected chi connectivity index (χ2v) is 8.88. The summed E-state index contributed by atoms with van der Waals surface area (Å²) in [6, 6.07) is 28.0. The zero-order valence-electron chi connectivity index (χ0n) is 17.7. The Labute approximate surface area is 187 Å². The van der Waals surface area contributed by atoms with E-state index in [4.69, 9.17) is 0 Å². The molecule has 0 saturated carbocycles. The molecular formula is C31H22O. The molecule has 1 heteroatoms. The van der Waals surface area contributed by atoms with E-state index < -0.39 is 6.10 Å². The van der Waals surface area contributed by atoms with Crippen molar-refractivity contribution in [3.8, 4) is 0 Å². The van der Waals surface area contributed by atoms with Gasteiger partial charge in [0.15, 0.2) is 0 Å². The van der Waals surface area contributed by atoms with Crippen LogP contribution >= 0.6 is 0 Å². The molecule has 0 aromatic heterocycles. The molecule has 1 unspecified atom stereocenters. The maximum atomic E-state index is 11.8. The van der Waals surface area contributed by atoms with Crippen LogP contribution in [0, 0.1) is 0 Å². The monoisotopic (exact) mass is 410 g/mol. The molecule has 4 aromatic carbocycles.